The highest BCUT2D eigenvalue weighted by molar-refractivity contribution is 5.57. The predicted octanol–water partition coefficient (Wildman–Crippen LogP) is 4.99. The number of hydrogen-bond acceptors (Lipinski definition) is 5. The van der Waals surface area contributed by atoms with Gasteiger partial charge >= 0.3 is 0 Å². The SMILES string of the molecule is COc1cc(N2CCC3(CC2)CC(OC)c2ccccc2O3)ccc1OC(C)C. The number of fused-ring (bicyclic) bond motifs is 1. The smallest absolute Gasteiger partial charge is 0.162 e. The molecule has 1 saturated heterocycles. The Morgan fingerprint density at radius 3 is 2.48 bits per heavy atom. The highest BCUT2D eigenvalue weighted by Crippen LogP contribution is 2.46. The Bertz CT molecular complexity index is 843. The lowest BCUT2D eigenvalue weighted by molar-refractivity contribution is -0.0448. The van der Waals surface area contributed by atoms with Crippen LogP contribution in [-0.4, -0.2) is 39.0 Å². The lowest BCUT2D eigenvalue weighted by Gasteiger charge is -2.47. The minimum Gasteiger partial charge on any atom is -0.493 e. The summed E-state index contributed by atoms with van der Waals surface area (Å²) >= 11 is 0. The average molecular weight is 398 g/mol. The van der Waals surface area contributed by atoms with Gasteiger partial charge in [0, 0.05) is 56.8 Å². The average Bonchev–Trinajstić information content (AvgIpc) is 2.73. The van der Waals surface area contributed by atoms with E-state index < -0.39 is 0 Å². The van der Waals surface area contributed by atoms with E-state index in [9.17, 15) is 0 Å². The number of ether oxygens (including phenoxy) is 4. The Kier molecular flexibility index (Phi) is 5.59. The van der Waals surface area contributed by atoms with Gasteiger partial charge in [0.2, 0.25) is 0 Å². The second-order valence-corrected chi connectivity index (χ2v) is 8.24. The molecule has 4 rings (SSSR count). The molecule has 1 fully saturated rings. The van der Waals surface area contributed by atoms with Crippen LogP contribution in [0.1, 0.15) is 44.8 Å². The van der Waals surface area contributed by atoms with E-state index in [1.165, 1.54) is 0 Å². The van der Waals surface area contributed by atoms with E-state index in [0.29, 0.717) is 0 Å². The zero-order valence-electron chi connectivity index (χ0n) is 17.8. The van der Waals surface area contributed by atoms with Crippen LogP contribution < -0.4 is 19.1 Å². The number of para-hydroxylation sites is 1. The maximum Gasteiger partial charge on any atom is 0.162 e. The topological polar surface area (TPSA) is 40.2 Å². The lowest BCUT2D eigenvalue weighted by atomic mass is 9.81. The Hall–Kier alpha value is -2.40. The highest BCUT2D eigenvalue weighted by Gasteiger charge is 2.43. The number of methoxy groups -OCH3 is 2. The summed E-state index contributed by atoms with van der Waals surface area (Å²) < 4.78 is 23.8. The number of hydrogen-bond donors (Lipinski definition) is 0. The molecule has 0 N–H and O–H groups in total. The van der Waals surface area contributed by atoms with Crippen LogP contribution in [0.5, 0.6) is 17.2 Å². The standard InChI is InChI=1S/C24H31NO4/c1-17(2)28-21-10-9-18(15-22(21)26-3)25-13-11-24(12-14-25)16-23(27-4)19-7-5-6-8-20(19)29-24/h5-10,15,17,23H,11-14,16H2,1-4H3. The summed E-state index contributed by atoms with van der Waals surface area (Å²) in [5.41, 5.74) is 2.16. The normalized spacial score (nSPS) is 20.3. The Labute approximate surface area is 173 Å². The van der Waals surface area contributed by atoms with E-state index in [1.54, 1.807) is 14.2 Å². The quantitative estimate of drug-likeness (QED) is 0.711. The third kappa shape index (κ3) is 4.01. The van der Waals surface area contributed by atoms with Crippen LogP contribution in [0.25, 0.3) is 0 Å². The molecule has 0 amide bonds. The number of benzene rings is 2. The Balaban J connectivity index is 1.48. The highest BCUT2D eigenvalue weighted by atomic mass is 16.5. The van der Waals surface area contributed by atoms with E-state index >= 15 is 0 Å². The van der Waals surface area contributed by atoms with Crippen LogP contribution in [0.4, 0.5) is 5.69 Å². The molecule has 0 saturated carbocycles. The van der Waals surface area contributed by atoms with Crippen LogP contribution in [0.15, 0.2) is 42.5 Å². The zero-order valence-corrected chi connectivity index (χ0v) is 17.8. The first-order valence-corrected chi connectivity index (χ1v) is 10.4. The molecule has 0 radical (unpaired) electrons. The summed E-state index contributed by atoms with van der Waals surface area (Å²) in [6, 6.07) is 14.5. The summed E-state index contributed by atoms with van der Waals surface area (Å²) in [4.78, 5) is 2.40. The van der Waals surface area contributed by atoms with E-state index in [1.807, 2.05) is 26.0 Å². The van der Waals surface area contributed by atoms with Crippen LogP contribution in [-0.2, 0) is 4.74 Å². The van der Waals surface area contributed by atoms with Crippen LogP contribution in [0, 0.1) is 0 Å². The van der Waals surface area contributed by atoms with Crippen molar-refractivity contribution in [2.24, 2.45) is 0 Å². The third-order valence-corrected chi connectivity index (χ3v) is 5.98. The molecule has 2 aliphatic heterocycles. The van der Waals surface area contributed by atoms with Gasteiger partial charge in [0.05, 0.1) is 19.3 Å². The first-order chi connectivity index (χ1) is 14.0. The predicted molar refractivity (Wildman–Crippen MR) is 114 cm³/mol. The lowest BCUT2D eigenvalue weighted by Crippen LogP contribution is -2.50. The fourth-order valence-electron chi connectivity index (χ4n) is 4.46. The Morgan fingerprint density at radius 1 is 1.03 bits per heavy atom. The monoisotopic (exact) mass is 397 g/mol. The minimum absolute atomic E-state index is 0.0964. The second-order valence-electron chi connectivity index (χ2n) is 8.24. The molecule has 2 aromatic rings. The molecule has 1 spiro atoms. The molecule has 5 nitrogen and oxygen atoms in total. The van der Waals surface area contributed by atoms with Crippen molar-refractivity contribution in [3.8, 4) is 17.2 Å². The molecule has 2 aromatic carbocycles. The number of piperidine rings is 1. The van der Waals surface area contributed by atoms with Gasteiger partial charge in [0.1, 0.15) is 11.4 Å². The molecular weight excluding hydrogens is 366 g/mol. The largest absolute Gasteiger partial charge is 0.493 e. The molecule has 156 valence electrons. The van der Waals surface area contributed by atoms with E-state index in [0.717, 1.165) is 60.9 Å². The molecule has 0 bridgehead atoms. The van der Waals surface area contributed by atoms with Gasteiger partial charge in [-0.2, -0.15) is 0 Å². The van der Waals surface area contributed by atoms with Crippen molar-refractivity contribution in [2.45, 2.75) is 50.9 Å². The summed E-state index contributed by atoms with van der Waals surface area (Å²) in [6.45, 7) is 5.92. The number of anilines is 1. The van der Waals surface area contributed by atoms with E-state index in [-0.39, 0.29) is 17.8 Å². The van der Waals surface area contributed by atoms with Crippen LogP contribution in [0.2, 0.25) is 0 Å². The van der Waals surface area contributed by atoms with Crippen molar-refractivity contribution < 1.29 is 18.9 Å². The van der Waals surface area contributed by atoms with Crippen molar-refractivity contribution in [3.63, 3.8) is 0 Å². The third-order valence-electron chi connectivity index (χ3n) is 5.98. The van der Waals surface area contributed by atoms with Crippen molar-refractivity contribution in [3.05, 3.63) is 48.0 Å². The van der Waals surface area contributed by atoms with E-state index in [4.69, 9.17) is 18.9 Å². The molecule has 0 aliphatic carbocycles. The number of rotatable bonds is 5. The molecular formula is C24H31NO4. The first-order valence-electron chi connectivity index (χ1n) is 10.4. The second kappa shape index (κ2) is 8.15. The Morgan fingerprint density at radius 2 is 1.79 bits per heavy atom. The van der Waals surface area contributed by atoms with Crippen LogP contribution >= 0.6 is 0 Å². The minimum atomic E-state index is -0.156. The van der Waals surface area contributed by atoms with E-state index in [2.05, 4.69) is 35.2 Å². The van der Waals surface area contributed by atoms with Gasteiger partial charge in [-0.15, -0.1) is 0 Å². The van der Waals surface area contributed by atoms with Crippen molar-refractivity contribution in [1.82, 2.24) is 0 Å². The maximum absolute atomic E-state index is 6.53. The summed E-state index contributed by atoms with van der Waals surface area (Å²) in [5.74, 6) is 2.53. The number of nitrogens with zero attached hydrogens (tertiary/aromatic N) is 1. The fourth-order valence-corrected chi connectivity index (χ4v) is 4.46. The summed E-state index contributed by atoms with van der Waals surface area (Å²) in [6.07, 6.45) is 3.05. The van der Waals surface area contributed by atoms with Gasteiger partial charge in [-0.25, -0.2) is 0 Å². The van der Waals surface area contributed by atoms with Gasteiger partial charge in [-0.05, 0) is 32.0 Å². The summed E-state index contributed by atoms with van der Waals surface area (Å²) in [7, 11) is 3.48. The van der Waals surface area contributed by atoms with Crippen molar-refractivity contribution >= 4 is 5.69 Å². The van der Waals surface area contributed by atoms with Gasteiger partial charge in [0.15, 0.2) is 11.5 Å². The van der Waals surface area contributed by atoms with Gasteiger partial charge in [-0.3, -0.25) is 0 Å². The van der Waals surface area contributed by atoms with Gasteiger partial charge < -0.3 is 23.8 Å². The van der Waals surface area contributed by atoms with Gasteiger partial charge in [-0.1, -0.05) is 18.2 Å². The molecule has 29 heavy (non-hydrogen) atoms. The molecule has 1 atom stereocenters. The van der Waals surface area contributed by atoms with Gasteiger partial charge in [0.25, 0.3) is 0 Å². The fraction of sp³-hybridized carbons (Fsp3) is 0.500. The van der Waals surface area contributed by atoms with Crippen molar-refractivity contribution in [2.75, 3.05) is 32.2 Å². The maximum atomic E-state index is 6.53. The summed E-state index contributed by atoms with van der Waals surface area (Å²) in [5, 5.41) is 0. The molecule has 1 unspecified atom stereocenters. The molecule has 0 aromatic heterocycles. The van der Waals surface area contributed by atoms with Crippen molar-refractivity contribution in [1.29, 1.82) is 0 Å². The van der Waals surface area contributed by atoms with Crippen LogP contribution in [0.3, 0.4) is 0 Å². The first kappa shape index (κ1) is 19.9. The molecule has 2 aliphatic rings. The molecule has 2 heterocycles. The zero-order chi connectivity index (χ0) is 20.4. The molecule has 5 heteroatoms.